The van der Waals surface area contributed by atoms with Crippen LogP contribution in [0.4, 0.5) is 0 Å². The SMILES string of the molecule is Cc1ccc(O)c(C(C)NC2CCN(C(C)(C)C)CC2)c1. The second kappa shape index (κ2) is 6.37. The van der Waals surface area contributed by atoms with Crippen molar-refractivity contribution in [1.29, 1.82) is 0 Å². The van der Waals surface area contributed by atoms with Crippen molar-refractivity contribution in [2.75, 3.05) is 13.1 Å². The van der Waals surface area contributed by atoms with Crippen LogP contribution in [0.15, 0.2) is 18.2 Å². The summed E-state index contributed by atoms with van der Waals surface area (Å²) >= 11 is 0. The molecule has 1 saturated heterocycles. The standard InChI is InChI=1S/C18H30N2O/c1-13-6-7-17(21)16(12-13)14(2)19-15-8-10-20(11-9-15)18(3,4)5/h6-7,12,14-15,19,21H,8-11H2,1-5H3. The summed E-state index contributed by atoms with van der Waals surface area (Å²) in [6, 6.07) is 6.56. The zero-order chi connectivity index (χ0) is 15.6. The molecule has 2 N–H and O–H groups in total. The van der Waals surface area contributed by atoms with Crippen molar-refractivity contribution in [3.63, 3.8) is 0 Å². The molecule has 118 valence electrons. The number of hydrogen-bond acceptors (Lipinski definition) is 3. The van der Waals surface area contributed by atoms with E-state index >= 15 is 0 Å². The van der Waals surface area contributed by atoms with Gasteiger partial charge in [0.05, 0.1) is 0 Å². The highest BCUT2D eigenvalue weighted by Crippen LogP contribution is 2.27. The third-order valence-electron chi connectivity index (χ3n) is 4.58. The van der Waals surface area contributed by atoms with E-state index < -0.39 is 0 Å². The van der Waals surface area contributed by atoms with Crippen LogP contribution in [-0.2, 0) is 0 Å². The Bertz CT molecular complexity index is 471. The smallest absolute Gasteiger partial charge is 0.120 e. The van der Waals surface area contributed by atoms with Crippen molar-refractivity contribution in [2.24, 2.45) is 0 Å². The van der Waals surface area contributed by atoms with E-state index in [0.717, 1.165) is 18.7 Å². The second-order valence-corrected chi connectivity index (χ2v) is 7.38. The highest BCUT2D eigenvalue weighted by molar-refractivity contribution is 5.37. The highest BCUT2D eigenvalue weighted by atomic mass is 16.3. The molecule has 0 saturated carbocycles. The molecule has 1 unspecified atom stereocenters. The van der Waals surface area contributed by atoms with E-state index in [9.17, 15) is 5.11 Å². The zero-order valence-corrected chi connectivity index (χ0v) is 14.1. The molecule has 1 aliphatic rings. The van der Waals surface area contributed by atoms with Crippen LogP contribution in [0.1, 0.15) is 57.7 Å². The molecule has 0 aromatic heterocycles. The fraction of sp³-hybridized carbons (Fsp3) is 0.667. The van der Waals surface area contributed by atoms with Crippen LogP contribution in [0.3, 0.4) is 0 Å². The predicted molar refractivity (Wildman–Crippen MR) is 88.7 cm³/mol. The van der Waals surface area contributed by atoms with E-state index in [4.69, 9.17) is 0 Å². The first-order valence-electron chi connectivity index (χ1n) is 8.08. The number of rotatable bonds is 3. The average molecular weight is 290 g/mol. The molecule has 1 aromatic rings. The molecular weight excluding hydrogens is 260 g/mol. The maximum atomic E-state index is 10.0. The Labute approximate surface area is 129 Å². The molecule has 0 amide bonds. The van der Waals surface area contributed by atoms with Crippen LogP contribution < -0.4 is 5.32 Å². The first-order chi connectivity index (χ1) is 9.77. The maximum Gasteiger partial charge on any atom is 0.120 e. The lowest BCUT2D eigenvalue weighted by Crippen LogP contribution is -2.50. The molecule has 1 aromatic carbocycles. The minimum atomic E-state index is 0.191. The summed E-state index contributed by atoms with van der Waals surface area (Å²) in [5, 5.41) is 13.7. The number of hydrogen-bond donors (Lipinski definition) is 2. The van der Waals surface area contributed by atoms with Crippen LogP contribution in [0.5, 0.6) is 5.75 Å². The average Bonchev–Trinajstić information content (AvgIpc) is 2.41. The summed E-state index contributed by atoms with van der Waals surface area (Å²) in [5.41, 5.74) is 2.47. The van der Waals surface area contributed by atoms with E-state index in [0.29, 0.717) is 11.8 Å². The van der Waals surface area contributed by atoms with Crippen molar-refractivity contribution >= 4 is 0 Å². The fourth-order valence-electron chi connectivity index (χ4n) is 3.18. The van der Waals surface area contributed by atoms with Crippen LogP contribution in [0.2, 0.25) is 0 Å². The molecule has 3 nitrogen and oxygen atoms in total. The van der Waals surface area contributed by atoms with Crippen molar-refractivity contribution in [1.82, 2.24) is 10.2 Å². The monoisotopic (exact) mass is 290 g/mol. The van der Waals surface area contributed by atoms with Gasteiger partial charge in [0.25, 0.3) is 0 Å². The van der Waals surface area contributed by atoms with Crippen molar-refractivity contribution < 1.29 is 5.11 Å². The zero-order valence-electron chi connectivity index (χ0n) is 14.1. The molecular formula is C18H30N2O. The molecule has 0 spiro atoms. The van der Waals surface area contributed by atoms with E-state index in [1.165, 1.54) is 18.4 Å². The van der Waals surface area contributed by atoms with Gasteiger partial charge in [0.15, 0.2) is 0 Å². The number of aryl methyl sites for hydroxylation is 1. The van der Waals surface area contributed by atoms with Gasteiger partial charge in [-0.15, -0.1) is 0 Å². The summed E-state index contributed by atoms with van der Waals surface area (Å²) in [6.07, 6.45) is 2.35. The Kier molecular flexibility index (Phi) is 4.95. The molecule has 2 rings (SSSR count). The van der Waals surface area contributed by atoms with Crippen LogP contribution in [0, 0.1) is 6.92 Å². The lowest BCUT2D eigenvalue weighted by Gasteiger charge is -2.41. The molecule has 1 aliphatic heterocycles. The van der Waals surface area contributed by atoms with Gasteiger partial charge in [0, 0.05) is 36.3 Å². The Balaban J connectivity index is 1.93. The Hall–Kier alpha value is -1.06. The molecule has 0 aliphatic carbocycles. The first kappa shape index (κ1) is 16.3. The Morgan fingerprint density at radius 1 is 1.24 bits per heavy atom. The van der Waals surface area contributed by atoms with E-state index in [-0.39, 0.29) is 11.6 Å². The number of nitrogens with zero attached hydrogens (tertiary/aromatic N) is 1. The van der Waals surface area contributed by atoms with Crippen molar-refractivity contribution in [3.05, 3.63) is 29.3 Å². The normalized spacial score (nSPS) is 19.7. The third kappa shape index (κ3) is 4.21. The number of piperidine rings is 1. The highest BCUT2D eigenvalue weighted by Gasteiger charge is 2.27. The summed E-state index contributed by atoms with van der Waals surface area (Å²) in [4.78, 5) is 2.56. The van der Waals surface area contributed by atoms with Gasteiger partial charge in [0.2, 0.25) is 0 Å². The van der Waals surface area contributed by atoms with E-state index in [2.05, 4.69) is 50.9 Å². The van der Waals surface area contributed by atoms with Crippen LogP contribution in [0.25, 0.3) is 0 Å². The molecule has 1 atom stereocenters. The van der Waals surface area contributed by atoms with E-state index in [1.807, 2.05) is 6.07 Å². The van der Waals surface area contributed by atoms with Gasteiger partial charge < -0.3 is 10.4 Å². The Morgan fingerprint density at radius 2 is 1.86 bits per heavy atom. The number of phenolic OH excluding ortho intramolecular Hbond substituents is 1. The fourth-order valence-corrected chi connectivity index (χ4v) is 3.18. The molecule has 21 heavy (non-hydrogen) atoms. The van der Waals surface area contributed by atoms with Crippen molar-refractivity contribution in [3.8, 4) is 5.75 Å². The topological polar surface area (TPSA) is 35.5 Å². The molecule has 1 heterocycles. The predicted octanol–water partition coefficient (Wildman–Crippen LogP) is 3.61. The number of aromatic hydroxyl groups is 1. The van der Waals surface area contributed by atoms with Gasteiger partial charge in [-0.25, -0.2) is 0 Å². The molecule has 0 bridgehead atoms. The van der Waals surface area contributed by atoms with Gasteiger partial charge in [-0.2, -0.15) is 0 Å². The maximum absolute atomic E-state index is 10.0. The summed E-state index contributed by atoms with van der Waals surface area (Å²) < 4.78 is 0. The summed E-state index contributed by atoms with van der Waals surface area (Å²) in [7, 11) is 0. The molecule has 1 fully saturated rings. The first-order valence-corrected chi connectivity index (χ1v) is 8.08. The lowest BCUT2D eigenvalue weighted by atomic mass is 9.96. The van der Waals surface area contributed by atoms with Crippen LogP contribution >= 0.6 is 0 Å². The quantitative estimate of drug-likeness (QED) is 0.892. The summed E-state index contributed by atoms with van der Waals surface area (Å²) in [5.74, 6) is 0.396. The third-order valence-corrected chi connectivity index (χ3v) is 4.58. The number of likely N-dealkylation sites (tertiary alicyclic amines) is 1. The summed E-state index contributed by atoms with van der Waals surface area (Å²) in [6.45, 7) is 13.4. The lowest BCUT2D eigenvalue weighted by molar-refractivity contribution is 0.0942. The minimum absolute atomic E-state index is 0.191. The Morgan fingerprint density at radius 3 is 2.43 bits per heavy atom. The van der Waals surface area contributed by atoms with Gasteiger partial charge in [-0.3, -0.25) is 4.90 Å². The second-order valence-electron chi connectivity index (χ2n) is 7.38. The number of nitrogens with one attached hydrogen (secondary N) is 1. The van der Waals surface area contributed by atoms with Crippen LogP contribution in [-0.4, -0.2) is 34.7 Å². The van der Waals surface area contributed by atoms with Gasteiger partial charge in [-0.05, 0) is 53.5 Å². The number of phenols is 1. The minimum Gasteiger partial charge on any atom is -0.508 e. The largest absolute Gasteiger partial charge is 0.508 e. The van der Waals surface area contributed by atoms with Gasteiger partial charge >= 0.3 is 0 Å². The van der Waals surface area contributed by atoms with E-state index in [1.54, 1.807) is 6.07 Å². The van der Waals surface area contributed by atoms with Crippen molar-refractivity contribution in [2.45, 2.75) is 65.1 Å². The van der Waals surface area contributed by atoms with Gasteiger partial charge in [0.1, 0.15) is 5.75 Å². The molecule has 0 radical (unpaired) electrons. The van der Waals surface area contributed by atoms with Gasteiger partial charge in [-0.1, -0.05) is 17.7 Å². The molecule has 3 heteroatoms. The number of benzene rings is 1.